The lowest BCUT2D eigenvalue weighted by atomic mass is 9.49. The Kier molecular flexibility index (Phi) is 4.44. The van der Waals surface area contributed by atoms with Crippen LogP contribution in [-0.4, -0.2) is 32.1 Å². The third kappa shape index (κ3) is 3.22. The minimum Gasteiger partial charge on any atom is -0.465 e. The molecule has 1 aromatic rings. The van der Waals surface area contributed by atoms with Crippen LogP contribution in [0.3, 0.4) is 0 Å². The molecule has 0 heterocycles. The maximum atomic E-state index is 13.2. The predicted molar refractivity (Wildman–Crippen MR) is 98.4 cm³/mol. The van der Waals surface area contributed by atoms with E-state index >= 15 is 0 Å². The topological polar surface area (TPSA) is 81.7 Å². The van der Waals surface area contributed by atoms with Gasteiger partial charge in [-0.3, -0.25) is 4.79 Å². The predicted octanol–water partition coefficient (Wildman–Crippen LogP) is 3.41. The molecule has 4 aliphatic rings. The summed E-state index contributed by atoms with van der Waals surface area (Å²) in [7, 11) is 2.56. The van der Waals surface area contributed by atoms with Crippen LogP contribution < -0.4 is 5.32 Å². The van der Waals surface area contributed by atoms with Gasteiger partial charge in [-0.15, -0.1) is 0 Å². The second-order valence-corrected chi connectivity index (χ2v) is 8.43. The molecule has 0 radical (unpaired) electrons. The second-order valence-electron chi connectivity index (χ2n) is 8.43. The van der Waals surface area contributed by atoms with E-state index < -0.39 is 11.9 Å². The van der Waals surface area contributed by atoms with Gasteiger partial charge in [-0.25, -0.2) is 9.59 Å². The molecule has 5 rings (SSSR count). The van der Waals surface area contributed by atoms with Crippen LogP contribution in [0.1, 0.15) is 59.2 Å². The summed E-state index contributed by atoms with van der Waals surface area (Å²) < 4.78 is 9.52. The Hall–Kier alpha value is -2.37. The van der Waals surface area contributed by atoms with Crippen LogP contribution >= 0.6 is 0 Å². The summed E-state index contributed by atoms with van der Waals surface area (Å²) in [5, 5.41) is 2.98. The Bertz CT molecular complexity index is 730. The summed E-state index contributed by atoms with van der Waals surface area (Å²) in [5.41, 5.74) is 0.544. The van der Waals surface area contributed by atoms with Gasteiger partial charge in [0.1, 0.15) is 0 Å². The van der Waals surface area contributed by atoms with Crippen molar-refractivity contribution in [1.82, 2.24) is 0 Å². The van der Waals surface area contributed by atoms with E-state index in [0.29, 0.717) is 23.4 Å². The number of rotatable bonds is 4. The fourth-order valence-electron chi connectivity index (χ4n) is 5.82. The lowest BCUT2D eigenvalue weighted by Gasteiger charge is -2.55. The molecule has 144 valence electrons. The van der Waals surface area contributed by atoms with Gasteiger partial charge in [-0.1, -0.05) is 0 Å². The molecular weight excluding hydrogens is 346 g/mol. The molecule has 0 aliphatic heterocycles. The maximum absolute atomic E-state index is 13.2. The maximum Gasteiger partial charge on any atom is 0.337 e. The number of esters is 2. The summed E-state index contributed by atoms with van der Waals surface area (Å²) in [6.45, 7) is 0. The summed E-state index contributed by atoms with van der Waals surface area (Å²) in [5.74, 6) is 0.869. The number of benzene rings is 1. The minimum atomic E-state index is -0.564. The van der Waals surface area contributed by atoms with Gasteiger partial charge >= 0.3 is 11.9 Å². The van der Waals surface area contributed by atoms with Crippen LogP contribution in [0, 0.1) is 23.2 Å². The van der Waals surface area contributed by atoms with E-state index in [1.165, 1.54) is 39.5 Å². The number of hydrogen-bond donors (Lipinski definition) is 1. The van der Waals surface area contributed by atoms with Gasteiger partial charge in [0, 0.05) is 5.69 Å². The molecule has 4 aliphatic carbocycles. The van der Waals surface area contributed by atoms with Crippen LogP contribution in [0.5, 0.6) is 0 Å². The molecule has 6 heteroatoms. The van der Waals surface area contributed by atoms with E-state index in [2.05, 4.69) is 5.32 Å². The van der Waals surface area contributed by atoms with Crippen molar-refractivity contribution in [2.24, 2.45) is 23.2 Å². The van der Waals surface area contributed by atoms with Crippen LogP contribution in [0.4, 0.5) is 5.69 Å². The first-order chi connectivity index (χ1) is 12.9. The number of anilines is 1. The van der Waals surface area contributed by atoms with Crippen molar-refractivity contribution in [3.05, 3.63) is 29.3 Å². The number of carbonyl (C=O) groups excluding carboxylic acids is 3. The first kappa shape index (κ1) is 18.0. The van der Waals surface area contributed by atoms with Crippen molar-refractivity contribution < 1.29 is 23.9 Å². The third-order valence-corrected chi connectivity index (χ3v) is 6.55. The number of amides is 1. The largest absolute Gasteiger partial charge is 0.465 e. The molecule has 0 atom stereocenters. The number of carbonyl (C=O) groups is 3. The first-order valence-electron chi connectivity index (χ1n) is 9.55. The highest BCUT2D eigenvalue weighted by atomic mass is 16.5. The van der Waals surface area contributed by atoms with E-state index in [-0.39, 0.29) is 22.4 Å². The van der Waals surface area contributed by atoms with Gasteiger partial charge in [-0.2, -0.15) is 0 Å². The smallest absolute Gasteiger partial charge is 0.337 e. The Balaban J connectivity index is 1.61. The highest BCUT2D eigenvalue weighted by Crippen LogP contribution is 2.60. The van der Waals surface area contributed by atoms with Crippen LogP contribution in [0.2, 0.25) is 0 Å². The van der Waals surface area contributed by atoms with Crippen molar-refractivity contribution in [3.63, 3.8) is 0 Å². The Labute approximate surface area is 158 Å². The Morgan fingerprint density at radius 1 is 0.852 bits per heavy atom. The molecule has 6 nitrogen and oxygen atoms in total. The quantitative estimate of drug-likeness (QED) is 0.820. The third-order valence-electron chi connectivity index (χ3n) is 6.55. The molecule has 4 fully saturated rings. The molecule has 4 saturated carbocycles. The van der Waals surface area contributed by atoms with Gasteiger partial charge in [0.25, 0.3) is 0 Å². The summed E-state index contributed by atoms with van der Waals surface area (Å²) in [6, 6.07) is 4.52. The van der Waals surface area contributed by atoms with Gasteiger partial charge < -0.3 is 14.8 Å². The Morgan fingerprint density at radius 3 is 1.70 bits per heavy atom. The highest BCUT2D eigenvalue weighted by Gasteiger charge is 2.54. The summed E-state index contributed by atoms with van der Waals surface area (Å²) >= 11 is 0. The standard InChI is InChI=1S/C21H25NO5/c1-26-18(23)15-6-16(19(24)27-2)8-17(7-15)22-20(25)21-9-12-3-13(10-21)5-14(4-12)11-21/h6-8,12-14H,3-5,9-11H2,1-2H3,(H,22,25). The van der Waals surface area contributed by atoms with E-state index in [0.717, 1.165) is 19.3 Å². The number of nitrogens with one attached hydrogen (secondary N) is 1. The summed E-state index contributed by atoms with van der Waals surface area (Å²) in [6.07, 6.45) is 6.63. The van der Waals surface area contributed by atoms with E-state index in [9.17, 15) is 14.4 Å². The zero-order chi connectivity index (χ0) is 19.2. The van der Waals surface area contributed by atoms with Gasteiger partial charge in [0.05, 0.1) is 30.8 Å². The van der Waals surface area contributed by atoms with Gasteiger partial charge in [-0.05, 0) is 74.5 Å². The molecule has 0 unspecified atom stereocenters. The minimum absolute atomic E-state index is 0.0134. The zero-order valence-electron chi connectivity index (χ0n) is 15.7. The van der Waals surface area contributed by atoms with Crippen molar-refractivity contribution in [1.29, 1.82) is 0 Å². The van der Waals surface area contributed by atoms with E-state index in [1.54, 1.807) is 12.1 Å². The number of methoxy groups -OCH3 is 2. The van der Waals surface area contributed by atoms with Crippen molar-refractivity contribution in [2.45, 2.75) is 38.5 Å². The van der Waals surface area contributed by atoms with Crippen LogP contribution in [0.15, 0.2) is 18.2 Å². The van der Waals surface area contributed by atoms with E-state index in [1.807, 2.05) is 0 Å². The lowest BCUT2D eigenvalue weighted by molar-refractivity contribution is -0.140. The van der Waals surface area contributed by atoms with Gasteiger partial charge in [0.2, 0.25) is 5.91 Å². The van der Waals surface area contributed by atoms with Crippen molar-refractivity contribution in [2.75, 3.05) is 19.5 Å². The molecule has 0 saturated heterocycles. The first-order valence-corrected chi connectivity index (χ1v) is 9.55. The highest BCUT2D eigenvalue weighted by molar-refractivity contribution is 6.01. The molecule has 1 amide bonds. The molecule has 0 spiro atoms. The molecular formula is C21H25NO5. The monoisotopic (exact) mass is 371 g/mol. The molecule has 0 aromatic heterocycles. The SMILES string of the molecule is COC(=O)c1cc(NC(=O)C23CC4CC(CC(C4)C2)C3)cc(C(=O)OC)c1. The fraction of sp³-hybridized carbons (Fsp3) is 0.571. The van der Waals surface area contributed by atoms with Crippen LogP contribution in [-0.2, 0) is 14.3 Å². The number of hydrogen-bond acceptors (Lipinski definition) is 5. The average molecular weight is 371 g/mol. The molecule has 1 N–H and O–H groups in total. The normalized spacial score (nSPS) is 30.7. The summed E-state index contributed by atoms with van der Waals surface area (Å²) in [4.78, 5) is 37.1. The zero-order valence-corrected chi connectivity index (χ0v) is 15.7. The van der Waals surface area contributed by atoms with Gasteiger partial charge in [0.15, 0.2) is 0 Å². The molecule has 27 heavy (non-hydrogen) atoms. The fourth-order valence-corrected chi connectivity index (χ4v) is 5.82. The van der Waals surface area contributed by atoms with Crippen molar-refractivity contribution >= 4 is 23.5 Å². The lowest BCUT2D eigenvalue weighted by Crippen LogP contribution is -2.51. The number of ether oxygens (including phenoxy) is 2. The van der Waals surface area contributed by atoms with E-state index in [4.69, 9.17) is 9.47 Å². The molecule has 1 aromatic carbocycles. The van der Waals surface area contributed by atoms with Crippen molar-refractivity contribution in [3.8, 4) is 0 Å². The average Bonchev–Trinajstić information content (AvgIpc) is 2.65. The Morgan fingerprint density at radius 2 is 1.30 bits per heavy atom. The second kappa shape index (κ2) is 6.66. The molecule has 4 bridgehead atoms. The van der Waals surface area contributed by atoms with Crippen LogP contribution in [0.25, 0.3) is 0 Å².